The lowest BCUT2D eigenvalue weighted by molar-refractivity contribution is -0.275. The average molecular weight is 286 g/mol. The lowest BCUT2D eigenvalue weighted by atomic mass is 10.1. The molecule has 1 unspecified atom stereocenters. The Kier molecular flexibility index (Phi) is 3.18. The van der Waals surface area contributed by atoms with Crippen LogP contribution in [0.5, 0.6) is 0 Å². The van der Waals surface area contributed by atoms with Crippen LogP contribution in [0.15, 0.2) is 0 Å². The second-order valence-corrected chi connectivity index (χ2v) is 4.60. The predicted molar refractivity (Wildman–Crippen MR) is 52.3 cm³/mol. The SMILES string of the molecule is O=C1CCC2CN(C(=O)C(F)(F)C(F)(F)F)CCN12. The van der Waals surface area contributed by atoms with Gasteiger partial charge in [-0.1, -0.05) is 0 Å². The molecule has 0 radical (unpaired) electrons. The van der Waals surface area contributed by atoms with Gasteiger partial charge in [0.05, 0.1) is 0 Å². The van der Waals surface area contributed by atoms with Crippen molar-refractivity contribution in [3.05, 3.63) is 0 Å². The van der Waals surface area contributed by atoms with Gasteiger partial charge in [0.15, 0.2) is 0 Å². The molecule has 4 nitrogen and oxygen atoms in total. The van der Waals surface area contributed by atoms with Gasteiger partial charge in [0.2, 0.25) is 5.91 Å². The van der Waals surface area contributed by atoms with E-state index in [-0.39, 0.29) is 32.0 Å². The summed E-state index contributed by atoms with van der Waals surface area (Å²) in [5, 5.41) is 0. The van der Waals surface area contributed by atoms with Gasteiger partial charge in [-0.3, -0.25) is 9.59 Å². The number of fused-ring (bicyclic) bond motifs is 1. The van der Waals surface area contributed by atoms with E-state index < -0.39 is 24.0 Å². The number of hydrogen-bond donors (Lipinski definition) is 0. The molecule has 9 heteroatoms. The highest BCUT2D eigenvalue weighted by Gasteiger charge is 2.65. The molecule has 0 N–H and O–H groups in total. The first kappa shape index (κ1) is 14.0. The molecule has 2 aliphatic rings. The number of hydrogen-bond acceptors (Lipinski definition) is 2. The second-order valence-electron chi connectivity index (χ2n) is 4.60. The molecule has 2 rings (SSSR count). The molecule has 2 heterocycles. The molecule has 0 aromatic carbocycles. The summed E-state index contributed by atoms with van der Waals surface area (Å²) in [6, 6.07) is -0.450. The number of alkyl halides is 5. The van der Waals surface area contributed by atoms with Crippen LogP contribution in [0.1, 0.15) is 12.8 Å². The summed E-state index contributed by atoms with van der Waals surface area (Å²) in [6.45, 7) is -0.563. The second kappa shape index (κ2) is 4.31. The molecule has 2 saturated heterocycles. The standard InChI is InChI=1S/C10H11F5N2O2/c11-9(12,10(13,14)15)8(19)16-3-4-17-6(5-16)1-2-7(17)18/h6H,1-5H2. The lowest BCUT2D eigenvalue weighted by Crippen LogP contribution is -2.59. The van der Waals surface area contributed by atoms with Crippen molar-refractivity contribution in [1.82, 2.24) is 9.80 Å². The van der Waals surface area contributed by atoms with Gasteiger partial charge in [-0.05, 0) is 6.42 Å². The fourth-order valence-corrected chi connectivity index (χ4v) is 2.37. The Hall–Kier alpha value is -1.41. The Bertz CT molecular complexity index is 409. The van der Waals surface area contributed by atoms with E-state index in [1.807, 2.05) is 0 Å². The summed E-state index contributed by atoms with van der Waals surface area (Å²) in [5.41, 5.74) is 0. The van der Waals surface area contributed by atoms with E-state index in [9.17, 15) is 31.5 Å². The third kappa shape index (κ3) is 2.25. The maximum absolute atomic E-state index is 12.9. The Morgan fingerprint density at radius 2 is 1.79 bits per heavy atom. The van der Waals surface area contributed by atoms with E-state index in [1.54, 1.807) is 0 Å². The smallest absolute Gasteiger partial charge is 0.336 e. The van der Waals surface area contributed by atoms with E-state index in [0.29, 0.717) is 11.3 Å². The van der Waals surface area contributed by atoms with Crippen molar-refractivity contribution in [1.29, 1.82) is 0 Å². The first-order valence-electron chi connectivity index (χ1n) is 5.68. The van der Waals surface area contributed by atoms with Crippen LogP contribution in [0.25, 0.3) is 0 Å². The Labute approximate surface area is 105 Å². The Morgan fingerprint density at radius 1 is 1.16 bits per heavy atom. The number of carbonyl (C=O) groups is 2. The summed E-state index contributed by atoms with van der Waals surface area (Å²) < 4.78 is 62.2. The molecule has 0 bridgehead atoms. The zero-order valence-electron chi connectivity index (χ0n) is 9.71. The predicted octanol–water partition coefficient (Wildman–Crippen LogP) is 1.02. The summed E-state index contributed by atoms with van der Waals surface area (Å²) >= 11 is 0. The van der Waals surface area contributed by atoms with Crippen LogP contribution in [-0.2, 0) is 9.59 Å². The molecular weight excluding hydrogens is 275 g/mol. The van der Waals surface area contributed by atoms with E-state index in [4.69, 9.17) is 0 Å². The maximum atomic E-state index is 12.9. The zero-order chi connectivity index (χ0) is 14.4. The molecule has 0 aromatic rings. The highest BCUT2D eigenvalue weighted by molar-refractivity contribution is 5.85. The van der Waals surface area contributed by atoms with Crippen LogP contribution in [0, 0.1) is 0 Å². The van der Waals surface area contributed by atoms with Crippen LogP contribution in [0.2, 0.25) is 0 Å². The Morgan fingerprint density at radius 3 is 2.37 bits per heavy atom. The number of carbonyl (C=O) groups excluding carboxylic acids is 2. The lowest BCUT2D eigenvalue weighted by Gasteiger charge is -2.38. The molecule has 2 amide bonds. The number of nitrogens with zero attached hydrogens (tertiary/aromatic N) is 2. The van der Waals surface area contributed by atoms with Gasteiger partial charge < -0.3 is 9.80 Å². The zero-order valence-corrected chi connectivity index (χ0v) is 9.71. The molecule has 0 aromatic heterocycles. The molecule has 19 heavy (non-hydrogen) atoms. The molecule has 108 valence electrons. The topological polar surface area (TPSA) is 40.6 Å². The van der Waals surface area contributed by atoms with E-state index in [0.717, 1.165) is 0 Å². The quantitative estimate of drug-likeness (QED) is 0.675. The van der Waals surface area contributed by atoms with Crippen LogP contribution >= 0.6 is 0 Å². The minimum atomic E-state index is -5.90. The monoisotopic (exact) mass is 286 g/mol. The van der Waals surface area contributed by atoms with Gasteiger partial charge in [0, 0.05) is 32.1 Å². The number of piperazine rings is 1. The van der Waals surface area contributed by atoms with Gasteiger partial charge >= 0.3 is 18.0 Å². The highest BCUT2D eigenvalue weighted by Crippen LogP contribution is 2.37. The van der Waals surface area contributed by atoms with Gasteiger partial charge in [-0.15, -0.1) is 0 Å². The third-order valence-electron chi connectivity index (χ3n) is 3.41. The van der Waals surface area contributed by atoms with Crippen molar-refractivity contribution in [3.63, 3.8) is 0 Å². The summed E-state index contributed by atoms with van der Waals surface area (Å²) in [6.07, 6.45) is -5.28. The van der Waals surface area contributed by atoms with E-state index in [2.05, 4.69) is 0 Å². The van der Waals surface area contributed by atoms with Gasteiger partial charge in [-0.2, -0.15) is 22.0 Å². The maximum Gasteiger partial charge on any atom is 0.463 e. The minimum Gasteiger partial charge on any atom is -0.336 e. The highest BCUT2D eigenvalue weighted by atomic mass is 19.4. The van der Waals surface area contributed by atoms with Crippen LogP contribution in [-0.4, -0.2) is 59.4 Å². The van der Waals surface area contributed by atoms with Crippen molar-refractivity contribution in [2.24, 2.45) is 0 Å². The van der Waals surface area contributed by atoms with Crippen molar-refractivity contribution in [2.75, 3.05) is 19.6 Å². The minimum absolute atomic E-state index is 0.00315. The Balaban J connectivity index is 2.08. The molecular formula is C10H11F5N2O2. The van der Waals surface area contributed by atoms with Crippen molar-refractivity contribution < 1.29 is 31.5 Å². The van der Waals surface area contributed by atoms with Crippen LogP contribution in [0.3, 0.4) is 0 Å². The fourth-order valence-electron chi connectivity index (χ4n) is 2.37. The first-order chi connectivity index (χ1) is 8.64. The van der Waals surface area contributed by atoms with Gasteiger partial charge in [0.25, 0.3) is 0 Å². The van der Waals surface area contributed by atoms with E-state index >= 15 is 0 Å². The molecule has 2 fully saturated rings. The normalized spacial score (nSPS) is 24.7. The number of rotatable bonds is 1. The number of halogens is 5. The van der Waals surface area contributed by atoms with E-state index in [1.165, 1.54) is 4.90 Å². The first-order valence-corrected chi connectivity index (χ1v) is 5.68. The van der Waals surface area contributed by atoms with Crippen molar-refractivity contribution in [3.8, 4) is 0 Å². The molecule has 2 aliphatic heterocycles. The number of amides is 2. The molecule has 0 aliphatic carbocycles. The van der Waals surface area contributed by atoms with Crippen molar-refractivity contribution >= 4 is 11.8 Å². The summed E-state index contributed by atoms with van der Waals surface area (Å²) in [4.78, 5) is 24.5. The molecule has 1 atom stereocenters. The van der Waals surface area contributed by atoms with Crippen molar-refractivity contribution in [2.45, 2.75) is 31.0 Å². The van der Waals surface area contributed by atoms with Gasteiger partial charge in [0.1, 0.15) is 0 Å². The third-order valence-corrected chi connectivity index (χ3v) is 3.41. The van der Waals surface area contributed by atoms with Crippen LogP contribution in [0.4, 0.5) is 22.0 Å². The molecule has 0 saturated carbocycles. The summed E-state index contributed by atoms with van der Waals surface area (Å²) in [7, 11) is 0. The summed E-state index contributed by atoms with van der Waals surface area (Å²) in [5.74, 6) is -7.77. The molecule has 0 spiro atoms. The average Bonchev–Trinajstić information content (AvgIpc) is 2.68. The van der Waals surface area contributed by atoms with Crippen LogP contribution < -0.4 is 0 Å². The van der Waals surface area contributed by atoms with Gasteiger partial charge in [-0.25, -0.2) is 0 Å². The fraction of sp³-hybridized carbons (Fsp3) is 0.800. The largest absolute Gasteiger partial charge is 0.463 e.